The smallest absolute Gasteiger partial charge is 0.307 e. The van der Waals surface area contributed by atoms with Crippen molar-refractivity contribution in [3.63, 3.8) is 0 Å². The largest absolute Gasteiger partial charge is 0.374 e. The standard InChI is InChI=1S/C27H28O7S/c28-35-33-26-25(31-18-22-14-8-3-9-15-22)24(32-27(26)34-35)23(30-17-21-12-6-2-7-13-21)19-29-16-20-10-4-1-5-11-20/h1-15,23-27H,16-19H2/t23-,24-,25+,26-,27-,35?/m1/s1. The van der Waals surface area contributed by atoms with Crippen molar-refractivity contribution in [3.05, 3.63) is 108 Å². The highest BCUT2D eigenvalue weighted by Gasteiger charge is 2.55. The summed E-state index contributed by atoms with van der Waals surface area (Å²) in [5.41, 5.74) is 3.11. The van der Waals surface area contributed by atoms with Gasteiger partial charge in [0, 0.05) is 0 Å². The molecule has 3 aromatic carbocycles. The molecule has 1 unspecified atom stereocenters. The second-order valence-electron chi connectivity index (χ2n) is 8.43. The Morgan fingerprint density at radius 3 is 1.94 bits per heavy atom. The topological polar surface area (TPSA) is 72.5 Å². The quantitative estimate of drug-likeness (QED) is 0.396. The minimum atomic E-state index is -1.87. The van der Waals surface area contributed by atoms with E-state index in [1.54, 1.807) is 0 Å². The van der Waals surface area contributed by atoms with E-state index in [4.69, 9.17) is 27.3 Å². The van der Waals surface area contributed by atoms with Gasteiger partial charge < -0.3 is 18.9 Å². The van der Waals surface area contributed by atoms with Crippen molar-refractivity contribution < 1.29 is 31.5 Å². The summed E-state index contributed by atoms with van der Waals surface area (Å²) in [4.78, 5) is 0. The van der Waals surface area contributed by atoms with Gasteiger partial charge in [-0.1, -0.05) is 91.0 Å². The maximum absolute atomic E-state index is 11.9. The molecule has 0 aliphatic carbocycles. The molecular formula is C27H28O7S. The van der Waals surface area contributed by atoms with Gasteiger partial charge in [-0.25, -0.2) is 4.18 Å². The van der Waals surface area contributed by atoms with Crippen molar-refractivity contribution in [2.24, 2.45) is 0 Å². The summed E-state index contributed by atoms with van der Waals surface area (Å²) < 4.78 is 47.5. The van der Waals surface area contributed by atoms with Gasteiger partial charge in [-0.2, -0.15) is 4.21 Å². The lowest BCUT2D eigenvalue weighted by Crippen LogP contribution is -2.44. The average molecular weight is 497 g/mol. The van der Waals surface area contributed by atoms with Crippen LogP contribution >= 0.6 is 0 Å². The molecule has 3 aromatic rings. The highest BCUT2D eigenvalue weighted by molar-refractivity contribution is 7.75. The van der Waals surface area contributed by atoms with E-state index in [1.165, 1.54) is 0 Å². The molecule has 0 radical (unpaired) electrons. The van der Waals surface area contributed by atoms with Gasteiger partial charge in [0.25, 0.3) is 0 Å². The van der Waals surface area contributed by atoms with Crippen LogP contribution in [0.15, 0.2) is 91.0 Å². The van der Waals surface area contributed by atoms with E-state index < -0.39 is 42.1 Å². The zero-order valence-corrected chi connectivity index (χ0v) is 20.0. The Labute approximate surface area is 207 Å². The van der Waals surface area contributed by atoms with Crippen LogP contribution in [0.2, 0.25) is 0 Å². The Bertz CT molecular complexity index is 1070. The predicted octanol–water partition coefficient (Wildman–Crippen LogP) is 4.09. The SMILES string of the molecule is O=S1O[C@H]2O[C@H]([C@@H](COCc3ccccc3)OCc3ccccc3)[C@H](OCc3ccccc3)[C@H]2O1. The Hall–Kier alpha value is -2.43. The first kappa shape index (κ1) is 24.3. The molecular weight excluding hydrogens is 468 g/mol. The van der Waals surface area contributed by atoms with Crippen LogP contribution in [-0.4, -0.2) is 41.5 Å². The summed E-state index contributed by atoms with van der Waals surface area (Å²) in [6.07, 6.45) is -2.97. The second kappa shape index (κ2) is 12.0. The monoisotopic (exact) mass is 496 g/mol. The summed E-state index contributed by atoms with van der Waals surface area (Å²) >= 11 is -1.87. The highest BCUT2D eigenvalue weighted by atomic mass is 32.2. The first-order chi connectivity index (χ1) is 17.3. The van der Waals surface area contributed by atoms with E-state index in [-0.39, 0.29) is 6.61 Å². The fourth-order valence-corrected chi connectivity index (χ4v) is 4.89. The van der Waals surface area contributed by atoms with E-state index in [1.807, 2.05) is 91.0 Å². The number of rotatable bonds is 11. The molecule has 8 heteroatoms. The van der Waals surface area contributed by atoms with E-state index in [9.17, 15) is 4.21 Å². The Kier molecular flexibility index (Phi) is 8.33. The number of ether oxygens (including phenoxy) is 4. The van der Waals surface area contributed by atoms with E-state index in [0.29, 0.717) is 19.8 Å². The van der Waals surface area contributed by atoms with Gasteiger partial charge in [-0.15, -0.1) is 0 Å². The number of fused-ring (bicyclic) bond motifs is 1. The molecule has 0 amide bonds. The van der Waals surface area contributed by atoms with Crippen molar-refractivity contribution >= 4 is 11.4 Å². The molecule has 0 saturated carbocycles. The van der Waals surface area contributed by atoms with Crippen LogP contribution in [0.4, 0.5) is 0 Å². The summed E-state index contributed by atoms with van der Waals surface area (Å²) in [5.74, 6) is 0. The normalized spacial score (nSPS) is 26.5. The summed E-state index contributed by atoms with van der Waals surface area (Å²) in [6.45, 7) is 1.45. The Morgan fingerprint density at radius 2 is 1.31 bits per heavy atom. The van der Waals surface area contributed by atoms with E-state index in [0.717, 1.165) is 16.7 Å². The van der Waals surface area contributed by atoms with Gasteiger partial charge in [0.2, 0.25) is 6.29 Å². The number of hydrogen-bond acceptors (Lipinski definition) is 7. The molecule has 5 rings (SSSR count). The highest BCUT2D eigenvalue weighted by Crippen LogP contribution is 2.36. The maximum Gasteiger partial charge on any atom is 0.307 e. The average Bonchev–Trinajstić information content (AvgIpc) is 3.42. The summed E-state index contributed by atoms with van der Waals surface area (Å²) in [6, 6.07) is 29.7. The third-order valence-corrected chi connectivity index (χ3v) is 6.65. The van der Waals surface area contributed by atoms with Gasteiger partial charge >= 0.3 is 11.4 Å². The lowest BCUT2D eigenvalue weighted by molar-refractivity contribution is -0.158. The van der Waals surface area contributed by atoms with Crippen LogP contribution in [-0.2, 0) is 58.5 Å². The van der Waals surface area contributed by atoms with Crippen LogP contribution in [0.5, 0.6) is 0 Å². The molecule has 2 aliphatic heterocycles. The van der Waals surface area contributed by atoms with Crippen LogP contribution in [0.1, 0.15) is 16.7 Å². The van der Waals surface area contributed by atoms with Crippen molar-refractivity contribution in [2.45, 2.75) is 50.5 Å². The van der Waals surface area contributed by atoms with Crippen LogP contribution in [0.25, 0.3) is 0 Å². The van der Waals surface area contributed by atoms with Gasteiger partial charge in [-0.3, -0.25) is 4.18 Å². The van der Waals surface area contributed by atoms with Gasteiger partial charge in [0.15, 0.2) is 6.10 Å². The van der Waals surface area contributed by atoms with Crippen LogP contribution in [0.3, 0.4) is 0 Å². The molecule has 0 spiro atoms. The Balaban J connectivity index is 1.30. The molecule has 35 heavy (non-hydrogen) atoms. The van der Waals surface area contributed by atoms with Crippen LogP contribution < -0.4 is 0 Å². The van der Waals surface area contributed by atoms with Gasteiger partial charge in [0.05, 0.1) is 26.4 Å². The molecule has 0 bridgehead atoms. The molecule has 2 saturated heterocycles. The molecule has 2 fully saturated rings. The zero-order valence-electron chi connectivity index (χ0n) is 19.1. The minimum Gasteiger partial charge on any atom is -0.374 e. The van der Waals surface area contributed by atoms with Crippen molar-refractivity contribution in [1.29, 1.82) is 0 Å². The first-order valence-electron chi connectivity index (χ1n) is 11.6. The molecule has 184 valence electrons. The Morgan fingerprint density at radius 1 is 0.743 bits per heavy atom. The van der Waals surface area contributed by atoms with Crippen LogP contribution in [0, 0.1) is 0 Å². The maximum atomic E-state index is 11.9. The molecule has 0 N–H and O–H groups in total. The van der Waals surface area contributed by atoms with Crippen molar-refractivity contribution in [2.75, 3.05) is 6.61 Å². The van der Waals surface area contributed by atoms with E-state index >= 15 is 0 Å². The fraction of sp³-hybridized carbons (Fsp3) is 0.333. The third kappa shape index (κ3) is 6.42. The number of benzene rings is 3. The third-order valence-electron chi connectivity index (χ3n) is 5.92. The first-order valence-corrected chi connectivity index (χ1v) is 12.6. The number of hydrogen-bond donors (Lipinski definition) is 0. The molecule has 2 heterocycles. The zero-order chi connectivity index (χ0) is 23.9. The molecule has 7 nitrogen and oxygen atoms in total. The predicted molar refractivity (Wildman–Crippen MR) is 129 cm³/mol. The van der Waals surface area contributed by atoms with Crippen molar-refractivity contribution in [1.82, 2.24) is 0 Å². The molecule has 6 atom stereocenters. The lowest BCUT2D eigenvalue weighted by Gasteiger charge is -2.29. The van der Waals surface area contributed by atoms with Gasteiger partial charge in [-0.05, 0) is 16.7 Å². The second-order valence-corrected chi connectivity index (χ2v) is 9.22. The lowest BCUT2D eigenvalue weighted by atomic mass is 10.1. The molecule has 2 aliphatic rings. The van der Waals surface area contributed by atoms with E-state index in [2.05, 4.69) is 0 Å². The minimum absolute atomic E-state index is 0.278. The van der Waals surface area contributed by atoms with Crippen molar-refractivity contribution in [3.8, 4) is 0 Å². The summed E-state index contributed by atoms with van der Waals surface area (Å²) in [7, 11) is 0. The molecule has 0 aromatic heterocycles. The van der Waals surface area contributed by atoms with Gasteiger partial charge in [0.1, 0.15) is 18.3 Å². The summed E-state index contributed by atoms with van der Waals surface area (Å²) in [5, 5.41) is 0. The fourth-order valence-electron chi connectivity index (χ4n) is 4.16.